The first-order valence-corrected chi connectivity index (χ1v) is 12.8. The van der Waals surface area contributed by atoms with E-state index in [-0.39, 0.29) is 34.8 Å². The number of carbonyl (C=O) groups is 1. The molecular formula is C29H42N2O4S. The first-order chi connectivity index (χ1) is 16.7. The number of methoxy groups -OCH3 is 1. The van der Waals surface area contributed by atoms with Crippen molar-refractivity contribution in [2.45, 2.75) is 66.3 Å². The third kappa shape index (κ3) is 9.01. The molecular weight excluding hydrogens is 472 g/mol. The number of phenolic OH excluding ortho intramolecular Hbond substituents is 1. The molecule has 6 nitrogen and oxygen atoms in total. The third-order valence-electron chi connectivity index (χ3n) is 6.13. The van der Waals surface area contributed by atoms with E-state index in [0.717, 1.165) is 18.4 Å². The molecule has 2 aromatic rings. The average Bonchev–Trinajstić information content (AvgIpc) is 2.79. The Labute approximate surface area is 221 Å². The van der Waals surface area contributed by atoms with Gasteiger partial charge in [-0.15, -0.1) is 0 Å². The first-order valence-electron chi connectivity index (χ1n) is 12.4. The zero-order valence-corrected chi connectivity index (χ0v) is 23.6. The largest absolute Gasteiger partial charge is 0.504 e. The second kappa shape index (κ2) is 12.4. The summed E-state index contributed by atoms with van der Waals surface area (Å²) in [6.45, 7) is 13.4. The Kier molecular flexibility index (Phi) is 10.2. The Morgan fingerprint density at radius 2 is 1.67 bits per heavy atom. The number of phenols is 1. The molecule has 0 bridgehead atoms. The Morgan fingerprint density at radius 1 is 1.06 bits per heavy atom. The van der Waals surface area contributed by atoms with Gasteiger partial charge in [-0.3, -0.25) is 4.79 Å². The molecule has 3 N–H and O–H groups in total. The smallest absolute Gasteiger partial charge is 0.311 e. The van der Waals surface area contributed by atoms with Gasteiger partial charge in [0.2, 0.25) is 0 Å². The number of aromatic hydroxyl groups is 1. The number of benzene rings is 2. The highest BCUT2D eigenvalue weighted by molar-refractivity contribution is 7.80. The van der Waals surface area contributed by atoms with Gasteiger partial charge in [-0.2, -0.15) is 0 Å². The summed E-state index contributed by atoms with van der Waals surface area (Å²) in [6, 6.07) is 13.9. The number of thiocarbonyl (C=S) groups is 1. The first kappa shape index (κ1) is 29.4. The van der Waals surface area contributed by atoms with Gasteiger partial charge >= 0.3 is 5.97 Å². The number of nitrogens with zero attached hydrogens (tertiary/aromatic N) is 1. The average molecular weight is 515 g/mol. The summed E-state index contributed by atoms with van der Waals surface area (Å²) in [6.07, 6.45) is 1.66. The molecule has 2 rings (SSSR count). The fourth-order valence-electron chi connectivity index (χ4n) is 3.76. The highest BCUT2D eigenvalue weighted by Crippen LogP contribution is 2.27. The van der Waals surface area contributed by atoms with Gasteiger partial charge in [0.1, 0.15) is 0 Å². The van der Waals surface area contributed by atoms with Crippen LogP contribution in [0.15, 0.2) is 42.5 Å². The van der Waals surface area contributed by atoms with Crippen molar-refractivity contribution >= 4 is 23.3 Å². The lowest BCUT2D eigenvalue weighted by Gasteiger charge is -2.29. The lowest BCUT2D eigenvalue weighted by atomic mass is 9.86. The fourth-order valence-corrected chi connectivity index (χ4v) is 3.90. The maximum atomic E-state index is 12.5. The van der Waals surface area contributed by atoms with E-state index < -0.39 is 5.41 Å². The minimum Gasteiger partial charge on any atom is -0.504 e. The van der Waals surface area contributed by atoms with Gasteiger partial charge in [-0.25, -0.2) is 0 Å². The minimum absolute atomic E-state index is 0.0269. The SMILES string of the molecule is COc1cc(CN(CC(CCc2ccc(C(C)(C)C)cc2)COC(=O)C(C)(C)C)C(N)=S)ccc1O. The van der Waals surface area contributed by atoms with Crippen LogP contribution in [0.5, 0.6) is 11.5 Å². The lowest BCUT2D eigenvalue weighted by Crippen LogP contribution is -2.40. The van der Waals surface area contributed by atoms with Crippen LogP contribution < -0.4 is 10.5 Å². The van der Waals surface area contributed by atoms with Crippen molar-refractivity contribution in [2.75, 3.05) is 20.3 Å². The molecule has 2 aromatic carbocycles. The number of nitrogens with two attached hydrogens (primary N) is 1. The molecule has 36 heavy (non-hydrogen) atoms. The Bertz CT molecular complexity index is 1020. The summed E-state index contributed by atoms with van der Waals surface area (Å²) in [5.41, 5.74) is 9.07. The van der Waals surface area contributed by atoms with Crippen LogP contribution in [0.3, 0.4) is 0 Å². The number of rotatable bonds is 10. The predicted molar refractivity (Wildman–Crippen MR) is 149 cm³/mol. The number of esters is 1. The third-order valence-corrected chi connectivity index (χ3v) is 6.39. The summed E-state index contributed by atoms with van der Waals surface area (Å²) in [4.78, 5) is 14.4. The van der Waals surface area contributed by atoms with Gasteiger partial charge in [-0.1, -0.05) is 51.1 Å². The molecule has 7 heteroatoms. The molecule has 0 saturated heterocycles. The van der Waals surface area contributed by atoms with E-state index in [4.69, 9.17) is 27.4 Å². The number of carbonyl (C=O) groups excluding carboxylic acids is 1. The van der Waals surface area contributed by atoms with Crippen molar-refractivity contribution in [3.63, 3.8) is 0 Å². The minimum atomic E-state index is -0.571. The van der Waals surface area contributed by atoms with Crippen molar-refractivity contribution in [3.05, 3.63) is 59.2 Å². The van der Waals surface area contributed by atoms with Crippen molar-refractivity contribution in [1.29, 1.82) is 0 Å². The molecule has 198 valence electrons. The van der Waals surface area contributed by atoms with Crippen LogP contribution in [0.25, 0.3) is 0 Å². The van der Waals surface area contributed by atoms with Crippen molar-refractivity contribution < 1.29 is 19.4 Å². The molecule has 0 spiro atoms. The molecule has 0 heterocycles. The van der Waals surface area contributed by atoms with Gasteiger partial charge in [0.25, 0.3) is 0 Å². The fraction of sp³-hybridized carbons (Fsp3) is 0.517. The van der Waals surface area contributed by atoms with E-state index in [1.165, 1.54) is 18.2 Å². The standard InChI is InChI=1S/C29H42N2O4S/c1-28(2,3)23-13-10-20(11-14-23)8-9-22(19-35-26(33)29(4,5)6)18-31(27(30)36)17-21-12-15-24(32)25(16-21)34-7/h10-16,22,32H,8-9,17-19H2,1-7H3,(H2,30,36). The molecule has 1 unspecified atom stereocenters. The Hall–Kier alpha value is -2.80. The molecule has 0 aliphatic carbocycles. The number of hydrogen-bond donors (Lipinski definition) is 2. The van der Waals surface area contributed by atoms with Gasteiger partial charge in [-0.05, 0) is 80.1 Å². The van der Waals surface area contributed by atoms with Crippen molar-refractivity contribution in [3.8, 4) is 11.5 Å². The van der Waals surface area contributed by atoms with Crippen LogP contribution in [0.1, 0.15) is 64.7 Å². The molecule has 0 radical (unpaired) electrons. The zero-order valence-electron chi connectivity index (χ0n) is 22.8. The summed E-state index contributed by atoms with van der Waals surface area (Å²) in [7, 11) is 1.51. The number of ether oxygens (including phenoxy) is 2. The van der Waals surface area contributed by atoms with Gasteiger partial charge < -0.3 is 25.2 Å². The highest BCUT2D eigenvalue weighted by Gasteiger charge is 2.25. The van der Waals surface area contributed by atoms with E-state index in [9.17, 15) is 9.90 Å². The quantitative estimate of drug-likeness (QED) is 0.316. The number of hydrogen-bond acceptors (Lipinski definition) is 5. The molecule has 0 saturated carbocycles. The van der Waals surface area contributed by atoms with Crippen LogP contribution in [-0.2, 0) is 27.9 Å². The zero-order chi connectivity index (χ0) is 27.1. The van der Waals surface area contributed by atoms with E-state index in [1.54, 1.807) is 12.1 Å². The van der Waals surface area contributed by atoms with Crippen LogP contribution >= 0.6 is 12.2 Å². The van der Waals surface area contributed by atoms with Crippen molar-refractivity contribution in [2.24, 2.45) is 17.1 Å². The van der Waals surface area contributed by atoms with Gasteiger partial charge in [0, 0.05) is 19.0 Å². The van der Waals surface area contributed by atoms with Crippen LogP contribution in [0, 0.1) is 11.3 Å². The highest BCUT2D eigenvalue weighted by atomic mass is 32.1. The van der Waals surface area contributed by atoms with E-state index in [2.05, 4.69) is 45.0 Å². The second-order valence-corrected chi connectivity index (χ2v) is 11.8. The van der Waals surface area contributed by atoms with E-state index in [1.807, 2.05) is 31.7 Å². The maximum Gasteiger partial charge on any atom is 0.311 e. The van der Waals surface area contributed by atoms with Crippen molar-refractivity contribution in [1.82, 2.24) is 4.90 Å². The molecule has 0 aliphatic heterocycles. The second-order valence-electron chi connectivity index (χ2n) is 11.4. The molecule has 0 amide bonds. The van der Waals surface area contributed by atoms with Gasteiger partial charge in [0.15, 0.2) is 16.6 Å². The number of aryl methyl sites for hydroxylation is 1. The van der Waals surface area contributed by atoms with Gasteiger partial charge in [0.05, 0.1) is 19.1 Å². The Balaban J connectivity index is 2.17. The van der Waals surface area contributed by atoms with Crippen LogP contribution in [0.2, 0.25) is 0 Å². The molecule has 0 fully saturated rings. The topological polar surface area (TPSA) is 85.0 Å². The molecule has 0 aliphatic rings. The molecule has 0 aromatic heterocycles. The lowest BCUT2D eigenvalue weighted by molar-refractivity contribution is -0.154. The monoisotopic (exact) mass is 514 g/mol. The maximum absolute atomic E-state index is 12.5. The van der Waals surface area contributed by atoms with Crippen LogP contribution in [0.4, 0.5) is 0 Å². The van der Waals surface area contributed by atoms with Crippen LogP contribution in [-0.4, -0.2) is 41.3 Å². The normalized spacial score (nSPS) is 12.6. The van der Waals surface area contributed by atoms with E-state index in [0.29, 0.717) is 18.8 Å². The Morgan fingerprint density at radius 3 is 2.19 bits per heavy atom. The van der Waals surface area contributed by atoms with E-state index >= 15 is 0 Å². The summed E-state index contributed by atoms with van der Waals surface area (Å²) in [5, 5.41) is 10.2. The predicted octanol–water partition coefficient (Wildman–Crippen LogP) is 5.58. The molecule has 1 atom stereocenters. The summed E-state index contributed by atoms with van der Waals surface area (Å²) in [5.74, 6) is 0.267. The summed E-state index contributed by atoms with van der Waals surface area (Å²) >= 11 is 5.36. The summed E-state index contributed by atoms with van der Waals surface area (Å²) < 4.78 is 10.9.